The molecule has 0 saturated heterocycles. The smallest absolute Gasteiger partial charge is 0.320 e. The Morgan fingerprint density at radius 3 is 2.87 bits per heavy atom. The molecule has 3 N–H and O–H groups in total. The van der Waals surface area contributed by atoms with Crippen molar-refractivity contribution in [2.45, 2.75) is 12.5 Å². The predicted octanol–water partition coefficient (Wildman–Crippen LogP) is 0.789. The zero-order valence-corrected chi connectivity index (χ0v) is 8.24. The molecular weight excluding hydrogens is 201 g/mol. The monoisotopic (exact) mass is 213 g/mol. The van der Waals surface area contributed by atoms with Crippen LogP contribution in [-0.2, 0) is 11.2 Å². The number of hydrogen-bond acceptors (Lipinski definition) is 3. The van der Waals surface area contributed by atoms with Gasteiger partial charge in [-0.2, -0.15) is 0 Å². The van der Waals surface area contributed by atoms with E-state index in [0.29, 0.717) is 5.75 Å². The fourth-order valence-corrected chi connectivity index (χ4v) is 1.24. The van der Waals surface area contributed by atoms with Crippen LogP contribution in [0.2, 0.25) is 0 Å². The Morgan fingerprint density at radius 2 is 2.33 bits per heavy atom. The number of methoxy groups -OCH3 is 1. The summed E-state index contributed by atoms with van der Waals surface area (Å²) in [5.41, 5.74) is 5.51. The Morgan fingerprint density at radius 1 is 1.67 bits per heavy atom. The van der Waals surface area contributed by atoms with Crippen molar-refractivity contribution in [3.8, 4) is 5.75 Å². The number of carboxylic acid groups (broad SMARTS) is 1. The van der Waals surface area contributed by atoms with E-state index in [1.165, 1.54) is 19.2 Å². The van der Waals surface area contributed by atoms with Crippen molar-refractivity contribution < 1.29 is 19.0 Å². The Kier molecular flexibility index (Phi) is 3.62. The van der Waals surface area contributed by atoms with Gasteiger partial charge in [-0.1, -0.05) is 6.07 Å². The molecule has 1 rings (SSSR count). The summed E-state index contributed by atoms with van der Waals surface area (Å²) in [6.07, 6.45) is -0.0921. The van der Waals surface area contributed by atoms with Gasteiger partial charge in [0, 0.05) is 12.0 Å². The molecule has 0 bridgehead atoms. The van der Waals surface area contributed by atoms with Crippen molar-refractivity contribution in [3.63, 3.8) is 0 Å². The van der Waals surface area contributed by atoms with Crippen LogP contribution in [-0.4, -0.2) is 24.2 Å². The molecular formula is C10H12FNO3. The average molecular weight is 213 g/mol. The average Bonchev–Trinajstić information content (AvgIpc) is 2.20. The van der Waals surface area contributed by atoms with Gasteiger partial charge in [-0.15, -0.1) is 0 Å². The molecule has 0 aliphatic heterocycles. The highest BCUT2D eigenvalue weighted by Gasteiger charge is 2.17. The van der Waals surface area contributed by atoms with Crippen LogP contribution in [0.15, 0.2) is 18.2 Å². The molecule has 5 heteroatoms. The van der Waals surface area contributed by atoms with Crippen LogP contribution in [0, 0.1) is 5.82 Å². The Labute approximate surface area is 86.5 Å². The number of nitrogens with two attached hydrogens (primary N) is 1. The van der Waals surface area contributed by atoms with Gasteiger partial charge in [-0.3, -0.25) is 4.79 Å². The third-order valence-electron chi connectivity index (χ3n) is 2.04. The number of benzene rings is 1. The predicted molar refractivity (Wildman–Crippen MR) is 52.3 cm³/mol. The van der Waals surface area contributed by atoms with Gasteiger partial charge in [0.2, 0.25) is 0 Å². The Bertz CT molecular complexity index is 368. The third kappa shape index (κ3) is 2.66. The number of ether oxygens (including phenoxy) is 1. The molecule has 0 aliphatic carbocycles. The van der Waals surface area contributed by atoms with Crippen molar-refractivity contribution in [3.05, 3.63) is 29.6 Å². The molecule has 0 fully saturated rings. The lowest BCUT2D eigenvalue weighted by Gasteiger charge is -2.11. The minimum atomic E-state index is -1.17. The summed E-state index contributed by atoms with van der Waals surface area (Å²) in [4.78, 5) is 10.5. The quantitative estimate of drug-likeness (QED) is 0.775. The molecule has 1 aromatic rings. The first-order valence-corrected chi connectivity index (χ1v) is 4.36. The second-order valence-corrected chi connectivity index (χ2v) is 3.07. The van der Waals surface area contributed by atoms with E-state index in [0.717, 1.165) is 0 Å². The van der Waals surface area contributed by atoms with Crippen molar-refractivity contribution in [1.82, 2.24) is 0 Å². The first-order chi connectivity index (χ1) is 7.06. The second-order valence-electron chi connectivity index (χ2n) is 3.07. The van der Waals surface area contributed by atoms with E-state index in [-0.39, 0.29) is 12.0 Å². The van der Waals surface area contributed by atoms with E-state index in [9.17, 15) is 9.18 Å². The number of hydrogen-bond donors (Lipinski definition) is 2. The Balaban J connectivity index is 2.97. The molecule has 1 unspecified atom stereocenters. The van der Waals surface area contributed by atoms with E-state index in [1.807, 2.05) is 0 Å². The van der Waals surface area contributed by atoms with Gasteiger partial charge < -0.3 is 15.6 Å². The summed E-state index contributed by atoms with van der Waals surface area (Å²) in [5, 5.41) is 8.61. The van der Waals surface area contributed by atoms with Gasteiger partial charge in [0.05, 0.1) is 7.11 Å². The number of aliphatic carboxylic acids is 1. The summed E-state index contributed by atoms with van der Waals surface area (Å²) in [6.45, 7) is 0. The van der Waals surface area contributed by atoms with Crippen molar-refractivity contribution in [2.75, 3.05) is 7.11 Å². The van der Waals surface area contributed by atoms with Crippen LogP contribution in [0.1, 0.15) is 5.56 Å². The summed E-state index contributed by atoms with van der Waals surface area (Å²) in [7, 11) is 1.39. The SMILES string of the molecule is COc1cccc(F)c1CC(N)C(=O)O. The fraction of sp³-hybridized carbons (Fsp3) is 0.300. The maximum Gasteiger partial charge on any atom is 0.320 e. The summed E-state index contributed by atoms with van der Waals surface area (Å²) in [6, 6.07) is 3.17. The molecule has 4 nitrogen and oxygen atoms in total. The van der Waals surface area contributed by atoms with Gasteiger partial charge in [-0.05, 0) is 12.1 Å². The van der Waals surface area contributed by atoms with E-state index < -0.39 is 17.8 Å². The Hall–Kier alpha value is -1.62. The first-order valence-electron chi connectivity index (χ1n) is 4.36. The summed E-state index contributed by atoms with van der Waals surface area (Å²) >= 11 is 0. The lowest BCUT2D eigenvalue weighted by Crippen LogP contribution is -2.32. The van der Waals surface area contributed by atoms with Crippen LogP contribution < -0.4 is 10.5 Å². The van der Waals surface area contributed by atoms with E-state index >= 15 is 0 Å². The number of carboxylic acids is 1. The molecule has 0 amide bonds. The normalized spacial score (nSPS) is 12.2. The fourth-order valence-electron chi connectivity index (χ4n) is 1.24. The van der Waals surface area contributed by atoms with Gasteiger partial charge in [0.15, 0.2) is 0 Å². The zero-order valence-electron chi connectivity index (χ0n) is 8.24. The van der Waals surface area contributed by atoms with Crippen LogP contribution >= 0.6 is 0 Å². The molecule has 1 atom stereocenters. The van der Waals surface area contributed by atoms with Gasteiger partial charge in [-0.25, -0.2) is 4.39 Å². The van der Waals surface area contributed by atoms with Crippen LogP contribution in [0.25, 0.3) is 0 Å². The minimum absolute atomic E-state index is 0.0921. The van der Waals surface area contributed by atoms with Gasteiger partial charge >= 0.3 is 5.97 Å². The van der Waals surface area contributed by atoms with E-state index in [1.54, 1.807) is 6.07 Å². The summed E-state index contributed by atoms with van der Waals surface area (Å²) < 4.78 is 18.3. The maximum atomic E-state index is 13.3. The van der Waals surface area contributed by atoms with Crippen molar-refractivity contribution >= 4 is 5.97 Å². The topological polar surface area (TPSA) is 72.5 Å². The molecule has 0 aliphatic rings. The van der Waals surface area contributed by atoms with Crippen LogP contribution in [0.3, 0.4) is 0 Å². The highest BCUT2D eigenvalue weighted by Crippen LogP contribution is 2.22. The number of halogens is 1. The standard InChI is InChI=1S/C10H12FNO3/c1-15-9-4-2-3-7(11)6(9)5-8(12)10(13)14/h2-4,8H,5,12H2,1H3,(H,13,14). The van der Waals surface area contributed by atoms with Gasteiger partial charge in [0.25, 0.3) is 0 Å². The second kappa shape index (κ2) is 4.75. The molecule has 0 heterocycles. The minimum Gasteiger partial charge on any atom is -0.496 e. The van der Waals surface area contributed by atoms with Gasteiger partial charge in [0.1, 0.15) is 17.6 Å². The maximum absolute atomic E-state index is 13.3. The molecule has 1 aromatic carbocycles. The molecule has 0 saturated carbocycles. The highest BCUT2D eigenvalue weighted by atomic mass is 19.1. The molecule has 82 valence electrons. The molecule has 0 radical (unpaired) electrons. The molecule has 0 aromatic heterocycles. The lowest BCUT2D eigenvalue weighted by molar-refractivity contribution is -0.138. The van der Waals surface area contributed by atoms with Crippen LogP contribution in [0.4, 0.5) is 4.39 Å². The van der Waals surface area contributed by atoms with Crippen molar-refractivity contribution in [2.24, 2.45) is 5.73 Å². The first kappa shape index (κ1) is 11.5. The highest BCUT2D eigenvalue weighted by molar-refractivity contribution is 5.73. The number of carbonyl (C=O) groups is 1. The molecule has 0 spiro atoms. The zero-order chi connectivity index (χ0) is 11.4. The molecule has 15 heavy (non-hydrogen) atoms. The van der Waals surface area contributed by atoms with Crippen molar-refractivity contribution in [1.29, 1.82) is 0 Å². The lowest BCUT2D eigenvalue weighted by atomic mass is 10.0. The van der Waals surface area contributed by atoms with E-state index in [4.69, 9.17) is 15.6 Å². The number of rotatable bonds is 4. The van der Waals surface area contributed by atoms with Crippen LogP contribution in [0.5, 0.6) is 5.75 Å². The summed E-state index contributed by atoms with van der Waals surface area (Å²) in [5.74, 6) is -1.36. The largest absolute Gasteiger partial charge is 0.496 e. The third-order valence-corrected chi connectivity index (χ3v) is 2.04. The van der Waals surface area contributed by atoms with E-state index in [2.05, 4.69) is 0 Å².